The van der Waals surface area contributed by atoms with Gasteiger partial charge in [-0.2, -0.15) is 10.4 Å². The lowest BCUT2D eigenvalue weighted by atomic mass is 9.83. The van der Waals surface area contributed by atoms with Crippen LogP contribution in [0, 0.1) is 11.3 Å². The van der Waals surface area contributed by atoms with E-state index in [0.717, 1.165) is 82.2 Å². The van der Waals surface area contributed by atoms with Gasteiger partial charge in [0.2, 0.25) is 0 Å². The predicted molar refractivity (Wildman–Crippen MR) is 107 cm³/mol. The van der Waals surface area contributed by atoms with Crippen LogP contribution in [0.2, 0.25) is 0 Å². The van der Waals surface area contributed by atoms with Crippen molar-refractivity contribution in [3.8, 4) is 6.07 Å². The van der Waals surface area contributed by atoms with Crippen molar-refractivity contribution >= 4 is 18.0 Å². The van der Waals surface area contributed by atoms with Crippen LogP contribution in [-0.4, -0.2) is 59.9 Å². The first-order valence-corrected chi connectivity index (χ1v) is 11.1. The molecule has 4 rings (SSSR count). The molecule has 0 atom stereocenters. The molecular weight excluding hydrogens is 360 g/mol. The van der Waals surface area contributed by atoms with Crippen molar-refractivity contribution in [3.63, 3.8) is 0 Å². The van der Waals surface area contributed by atoms with Gasteiger partial charge in [0.05, 0.1) is 18.9 Å². The van der Waals surface area contributed by atoms with Gasteiger partial charge < -0.3 is 9.64 Å². The van der Waals surface area contributed by atoms with E-state index >= 15 is 0 Å². The summed E-state index contributed by atoms with van der Waals surface area (Å²) in [5.74, 6) is 1.31. The zero-order chi connectivity index (χ0) is 18.5. The summed E-state index contributed by atoms with van der Waals surface area (Å²) in [6, 6.07) is 2.99. The molecule has 1 aromatic heterocycles. The summed E-state index contributed by atoms with van der Waals surface area (Å²) in [7, 11) is 0. The van der Waals surface area contributed by atoms with Crippen molar-refractivity contribution in [1.29, 1.82) is 5.26 Å². The summed E-state index contributed by atoms with van der Waals surface area (Å²) in [6.45, 7) is 5.69. The van der Waals surface area contributed by atoms with Gasteiger partial charge in [0.1, 0.15) is 11.6 Å². The van der Waals surface area contributed by atoms with Crippen molar-refractivity contribution in [2.75, 3.05) is 44.3 Å². The van der Waals surface area contributed by atoms with Crippen LogP contribution in [0.3, 0.4) is 0 Å². The second kappa shape index (κ2) is 9.28. The average molecular weight is 391 g/mol. The highest BCUT2D eigenvalue weighted by Gasteiger charge is 2.29. The van der Waals surface area contributed by atoms with Gasteiger partial charge in [-0.25, -0.2) is 9.03 Å². The second-order valence-electron chi connectivity index (χ2n) is 7.79. The van der Waals surface area contributed by atoms with Crippen LogP contribution in [0.15, 0.2) is 0 Å². The van der Waals surface area contributed by atoms with Crippen molar-refractivity contribution in [3.05, 3.63) is 11.3 Å². The number of piperidine rings is 1. The van der Waals surface area contributed by atoms with Crippen LogP contribution in [0.1, 0.15) is 62.1 Å². The van der Waals surface area contributed by atoms with Crippen LogP contribution in [-0.2, 0) is 4.74 Å². The quantitative estimate of drug-likeness (QED) is 0.748. The molecule has 3 aliphatic rings. The lowest BCUT2D eigenvalue weighted by Crippen LogP contribution is -2.37. The van der Waals surface area contributed by atoms with E-state index in [1.165, 1.54) is 19.3 Å². The molecule has 1 saturated carbocycles. The number of nitrogens with zero attached hydrogens (tertiary/aromatic N) is 4. The minimum absolute atomic E-state index is 0.428. The predicted octanol–water partition coefficient (Wildman–Crippen LogP) is 2.78. The zero-order valence-corrected chi connectivity index (χ0v) is 16.8. The number of H-pyrrole nitrogens is 1. The largest absolute Gasteiger partial charge is 0.379 e. The number of nitriles is 1. The average Bonchev–Trinajstić information content (AvgIpc) is 3.18. The lowest BCUT2D eigenvalue weighted by molar-refractivity contribution is 0.0768. The van der Waals surface area contributed by atoms with Crippen molar-refractivity contribution in [2.45, 2.75) is 56.9 Å². The fraction of sp³-hybridized carbons (Fsp3) is 0.789. The van der Waals surface area contributed by atoms with Gasteiger partial charge in [-0.3, -0.25) is 5.10 Å². The molecular formula is C19H30N6OS. The third kappa shape index (κ3) is 4.60. The molecule has 8 heteroatoms. The molecule has 3 heterocycles. The molecule has 0 aromatic carbocycles. The second-order valence-corrected chi connectivity index (χ2v) is 8.73. The van der Waals surface area contributed by atoms with E-state index < -0.39 is 0 Å². The van der Waals surface area contributed by atoms with E-state index in [1.54, 1.807) is 12.1 Å². The fourth-order valence-electron chi connectivity index (χ4n) is 4.37. The summed E-state index contributed by atoms with van der Waals surface area (Å²) < 4.78 is 11.4. The molecule has 27 heavy (non-hydrogen) atoms. The Kier molecular flexibility index (Phi) is 6.56. The van der Waals surface area contributed by atoms with Crippen molar-refractivity contribution in [1.82, 2.24) is 19.2 Å². The zero-order valence-electron chi connectivity index (χ0n) is 16.0. The number of aromatic amines is 1. The number of nitrogens with one attached hydrogen (secondary N) is 2. The molecule has 1 aliphatic carbocycles. The maximum atomic E-state index is 9.76. The summed E-state index contributed by atoms with van der Waals surface area (Å²) in [6.07, 6.45) is 8.19. The van der Waals surface area contributed by atoms with Gasteiger partial charge in [0.15, 0.2) is 5.82 Å². The summed E-state index contributed by atoms with van der Waals surface area (Å²) in [4.78, 5) is 2.29. The Hall–Kier alpha value is -1.27. The first kappa shape index (κ1) is 19.1. The Morgan fingerprint density at radius 3 is 2.52 bits per heavy atom. The maximum Gasteiger partial charge on any atom is 0.168 e. The highest BCUT2D eigenvalue weighted by molar-refractivity contribution is 7.95. The lowest BCUT2D eigenvalue weighted by Gasteiger charge is -2.31. The normalized spacial score (nSPS) is 27.4. The van der Waals surface area contributed by atoms with Crippen LogP contribution >= 0.6 is 12.1 Å². The Morgan fingerprint density at radius 2 is 1.81 bits per heavy atom. The number of ether oxygens (including phenoxy) is 1. The molecule has 1 aromatic rings. The first-order chi connectivity index (χ1) is 13.3. The first-order valence-electron chi connectivity index (χ1n) is 10.3. The van der Waals surface area contributed by atoms with Crippen LogP contribution in [0.4, 0.5) is 5.82 Å². The fourth-order valence-corrected chi connectivity index (χ4v) is 5.24. The molecule has 0 amide bonds. The molecule has 0 radical (unpaired) electrons. The summed E-state index contributed by atoms with van der Waals surface area (Å²) >= 11 is 1.76. The third-order valence-electron chi connectivity index (χ3n) is 6.00. The topological polar surface area (TPSA) is 80.2 Å². The van der Waals surface area contributed by atoms with Crippen LogP contribution in [0.25, 0.3) is 0 Å². The minimum atomic E-state index is 0.428. The van der Waals surface area contributed by atoms with Gasteiger partial charge in [-0.05, 0) is 44.9 Å². The van der Waals surface area contributed by atoms with Gasteiger partial charge in [-0.15, -0.1) is 0 Å². The maximum absolute atomic E-state index is 9.76. The van der Waals surface area contributed by atoms with Gasteiger partial charge in [-0.1, -0.05) is 0 Å². The SMILES string of the molecule is N#Cc1c(N2CCCCC2)n[nH]c1C1CCC(NSN2CCOCC2)CC1. The van der Waals surface area contributed by atoms with E-state index in [9.17, 15) is 5.26 Å². The number of aromatic nitrogens is 2. The van der Waals surface area contributed by atoms with Crippen LogP contribution in [0.5, 0.6) is 0 Å². The number of rotatable bonds is 5. The number of hydrogen-bond acceptors (Lipinski definition) is 7. The summed E-state index contributed by atoms with van der Waals surface area (Å²) in [5, 5.41) is 17.5. The van der Waals surface area contributed by atoms with Gasteiger partial charge in [0.25, 0.3) is 0 Å². The molecule has 0 spiro atoms. The Labute approximate surface area is 166 Å². The standard InChI is InChI=1S/C19H30N6OS/c20-14-17-18(21-22-19(17)24-8-2-1-3-9-24)15-4-6-16(7-5-15)23-27-25-10-12-26-13-11-25/h15-16,23H,1-13H2,(H,21,22). The molecule has 0 bridgehead atoms. The minimum Gasteiger partial charge on any atom is -0.379 e. The number of hydrogen-bond donors (Lipinski definition) is 2. The highest BCUT2D eigenvalue weighted by atomic mass is 32.2. The monoisotopic (exact) mass is 390 g/mol. The Bertz CT molecular complexity index is 639. The molecule has 148 valence electrons. The van der Waals surface area contributed by atoms with E-state index in [-0.39, 0.29) is 0 Å². The van der Waals surface area contributed by atoms with Crippen molar-refractivity contribution in [2.24, 2.45) is 0 Å². The molecule has 2 N–H and O–H groups in total. The van der Waals surface area contributed by atoms with Gasteiger partial charge >= 0.3 is 0 Å². The van der Waals surface area contributed by atoms with E-state index in [4.69, 9.17) is 4.74 Å². The molecule has 2 aliphatic heterocycles. The van der Waals surface area contributed by atoms with E-state index in [2.05, 4.69) is 30.2 Å². The number of anilines is 1. The Morgan fingerprint density at radius 1 is 1.07 bits per heavy atom. The van der Waals surface area contributed by atoms with Crippen LogP contribution < -0.4 is 9.62 Å². The summed E-state index contributed by atoms with van der Waals surface area (Å²) in [5.41, 5.74) is 1.85. The highest BCUT2D eigenvalue weighted by Crippen LogP contribution is 2.37. The van der Waals surface area contributed by atoms with E-state index in [0.29, 0.717) is 12.0 Å². The number of morpholine rings is 1. The molecule has 3 fully saturated rings. The molecule has 0 unspecified atom stereocenters. The smallest absolute Gasteiger partial charge is 0.168 e. The Balaban J connectivity index is 1.31. The van der Waals surface area contributed by atoms with E-state index in [1.807, 2.05) is 0 Å². The third-order valence-corrected chi connectivity index (χ3v) is 7.06. The van der Waals surface area contributed by atoms with Gasteiger partial charge in [0, 0.05) is 50.3 Å². The molecule has 7 nitrogen and oxygen atoms in total. The van der Waals surface area contributed by atoms with Crippen molar-refractivity contribution < 1.29 is 4.74 Å². The molecule has 2 saturated heterocycles.